The molecule has 10 heteroatoms. The van der Waals surface area contributed by atoms with E-state index in [1.165, 1.54) is 22.8 Å². The van der Waals surface area contributed by atoms with Crippen LogP contribution in [0.2, 0.25) is 0 Å². The first-order valence-electron chi connectivity index (χ1n) is 9.85. The van der Waals surface area contributed by atoms with Crippen molar-refractivity contribution < 1.29 is 18.3 Å². The van der Waals surface area contributed by atoms with Crippen molar-refractivity contribution in [1.29, 1.82) is 0 Å². The Morgan fingerprint density at radius 2 is 1.77 bits per heavy atom. The molecule has 1 N–H and O–H groups in total. The van der Waals surface area contributed by atoms with Gasteiger partial charge in [-0.15, -0.1) is 0 Å². The molecule has 3 aromatic rings. The summed E-state index contributed by atoms with van der Waals surface area (Å²) in [6.45, 7) is 3.25. The highest BCUT2D eigenvalue weighted by Crippen LogP contribution is 2.27. The molecule has 4 rings (SSSR count). The second kappa shape index (κ2) is 8.48. The number of aryl methyl sites for hydroxylation is 1. The van der Waals surface area contributed by atoms with Crippen LogP contribution in [0.1, 0.15) is 21.5 Å². The topological polar surface area (TPSA) is 109 Å². The molecule has 1 saturated heterocycles. The summed E-state index contributed by atoms with van der Waals surface area (Å²) in [5.41, 5.74) is 2.29. The molecule has 0 bridgehead atoms. The minimum atomic E-state index is -3.83. The number of rotatable bonds is 5. The molecule has 0 radical (unpaired) electrons. The fraction of sp³-hybridized carbons (Fsp3) is 0.286. The van der Waals surface area contributed by atoms with Gasteiger partial charge in [-0.3, -0.25) is 4.79 Å². The number of piperazine rings is 1. The normalized spacial score (nSPS) is 15.2. The number of carbonyl (C=O) groups is 1. The molecule has 0 atom stereocenters. The van der Waals surface area contributed by atoms with E-state index < -0.39 is 10.0 Å². The third-order valence-electron chi connectivity index (χ3n) is 5.27. The fourth-order valence-corrected chi connectivity index (χ4v) is 5.12. The average molecular weight is 442 g/mol. The van der Waals surface area contributed by atoms with Gasteiger partial charge in [0.1, 0.15) is 23.3 Å². The van der Waals surface area contributed by atoms with Crippen LogP contribution in [0.25, 0.3) is 0 Å². The van der Waals surface area contributed by atoms with Gasteiger partial charge in [0.15, 0.2) is 0 Å². The van der Waals surface area contributed by atoms with Crippen LogP contribution in [0, 0.1) is 6.92 Å². The van der Waals surface area contributed by atoms with E-state index in [1.54, 1.807) is 41.0 Å². The van der Waals surface area contributed by atoms with Crippen molar-refractivity contribution in [2.75, 3.05) is 26.2 Å². The van der Waals surface area contributed by atoms with Crippen molar-refractivity contribution in [3.63, 3.8) is 0 Å². The predicted octanol–water partition coefficient (Wildman–Crippen LogP) is 1.49. The first-order chi connectivity index (χ1) is 14.8. The standard InChI is InChI=1S/C21H23N5O4S/c1-16-2-7-19(27)20(12-16)31(29,30)26-10-8-24(9-11-26)21(28)18-5-3-17(4-6-18)13-25-15-22-14-23-25/h2-7,12,14-15,27H,8-11,13H2,1H3. The first-order valence-corrected chi connectivity index (χ1v) is 11.3. The minimum absolute atomic E-state index is 0.102. The monoisotopic (exact) mass is 441 g/mol. The maximum Gasteiger partial charge on any atom is 0.253 e. The number of hydrogen-bond donors (Lipinski definition) is 1. The van der Waals surface area contributed by atoms with E-state index in [2.05, 4.69) is 10.1 Å². The third kappa shape index (κ3) is 4.44. The van der Waals surface area contributed by atoms with Gasteiger partial charge in [-0.2, -0.15) is 9.40 Å². The number of carbonyl (C=O) groups excluding carboxylic acids is 1. The van der Waals surface area contributed by atoms with E-state index >= 15 is 0 Å². The summed E-state index contributed by atoms with van der Waals surface area (Å²) in [5, 5.41) is 14.1. The number of aromatic nitrogens is 3. The van der Waals surface area contributed by atoms with Crippen LogP contribution in [-0.4, -0.2) is 69.6 Å². The van der Waals surface area contributed by atoms with Crippen molar-refractivity contribution in [2.24, 2.45) is 0 Å². The van der Waals surface area contributed by atoms with Crippen LogP contribution in [-0.2, 0) is 16.6 Å². The molecule has 1 aliphatic rings. The van der Waals surface area contributed by atoms with Crippen LogP contribution < -0.4 is 0 Å². The molecule has 1 aliphatic heterocycles. The maximum atomic E-state index is 12.9. The maximum absolute atomic E-state index is 12.9. The third-order valence-corrected chi connectivity index (χ3v) is 7.20. The highest BCUT2D eigenvalue weighted by Gasteiger charge is 2.32. The zero-order chi connectivity index (χ0) is 22.0. The average Bonchev–Trinajstić information content (AvgIpc) is 3.28. The molecule has 0 unspecified atom stereocenters. The van der Waals surface area contributed by atoms with E-state index in [4.69, 9.17) is 0 Å². The second-order valence-electron chi connectivity index (χ2n) is 7.46. The van der Waals surface area contributed by atoms with E-state index in [9.17, 15) is 18.3 Å². The van der Waals surface area contributed by atoms with E-state index in [0.29, 0.717) is 12.1 Å². The summed E-state index contributed by atoms with van der Waals surface area (Å²) in [5.74, 6) is -0.405. The van der Waals surface area contributed by atoms with E-state index in [-0.39, 0.29) is 42.7 Å². The van der Waals surface area contributed by atoms with Crippen LogP contribution in [0.4, 0.5) is 0 Å². The quantitative estimate of drug-likeness (QED) is 0.643. The number of phenolic OH excluding ortho intramolecular Hbond substituents is 1. The largest absolute Gasteiger partial charge is 0.507 e. The van der Waals surface area contributed by atoms with Crippen molar-refractivity contribution in [3.05, 3.63) is 71.8 Å². The molecule has 0 spiro atoms. The van der Waals surface area contributed by atoms with Crippen LogP contribution in [0.3, 0.4) is 0 Å². The van der Waals surface area contributed by atoms with Crippen molar-refractivity contribution in [1.82, 2.24) is 24.0 Å². The van der Waals surface area contributed by atoms with Gasteiger partial charge in [-0.25, -0.2) is 18.1 Å². The summed E-state index contributed by atoms with van der Waals surface area (Å²) >= 11 is 0. The van der Waals surface area contributed by atoms with Gasteiger partial charge in [0, 0.05) is 31.7 Å². The Morgan fingerprint density at radius 1 is 1.06 bits per heavy atom. The Hall–Kier alpha value is -3.24. The van der Waals surface area contributed by atoms with Crippen molar-refractivity contribution in [3.8, 4) is 5.75 Å². The van der Waals surface area contributed by atoms with E-state index in [1.807, 2.05) is 12.1 Å². The molecule has 2 heterocycles. The minimum Gasteiger partial charge on any atom is -0.507 e. The van der Waals surface area contributed by atoms with Gasteiger partial charge in [-0.05, 0) is 42.3 Å². The Labute approximate surface area is 180 Å². The Morgan fingerprint density at radius 3 is 2.42 bits per heavy atom. The number of phenols is 1. The molecule has 2 aromatic carbocycles. The van der Waals surface area contributed by atoms with Crippen LogP contribution >= 0.6 is 0 Å². The lowest BCUT2D eigenvalue weighted by Crippen LogP contribution is -2.50. The summed E-state index contributed by atoms with van der Waals surface area (Å²) in [4.78, 5) is 18.3. The molecular formula is C21H23N5O4S. The summed E-state index contributed by atoms with van der Waals surface area (Å²) < 4.78 is 28.9. The van der Waals surface area contributed by atoms with Crippen molar-refractivity contribution >= 4 is 15.9 Å². The molecule has 31 heavy (non-hydrogen) atoms. The first kappa shape index (κ1) is 21.0. The molecule has 0 saturated carbocycles. The SMILES string of the molecule is Cc1ccc(O)c(S(=O)(=O)N2CCN(C(=O)c3ccc(Cn4cncn4)cc3)CC2)c1. The number of aromatic hydroxyl groups is 1. The summed E-state index contributed by atoms with van der Waals surface area (Å²) in [7, 11) is -3.83. The molecule has 1 aromatic heterocycles. The zero-order valence-electron chi connectivity index (χ0n) is 17.0. The van der Waals surface area contributed by atoms with Gasteiger partial charge in [0.05, 0.1) is 6.54 Å². The van der Waals surface area contributed by atoms with Gasteiger partial charge >= 0.3 is 0 Å². The van der Waals surface area contributed by atoms with Crippen molar-refractivity contribution in [2.45, 2.75) is 18.4 Å². The van der Waals surface area contributed by atoms with Crippen LogP contribution in [0.5, 0.6) is 5.75 Å². The fourth-order valence-electron chi connectivity index (χ4n) is 3.54. The molecule has 1 amide bonds. The van der Waals surface area contributed by atoms with Gasteiger partial charge in [0.25, 0.3) is 5.91 Å². The number of hydrogen-bond acceptors (Lipinski definition) is 6. The Balaban J connectivity index is 1.40. The molecule has 162 valence electrons. The second-order valence-corrected chi connectivity index (χ2v) is 9.36. The lowest BCUT2D eigenvalue weighted by molar-refractivity contribution is 0.0697. The molecule has 9 nitrogen and oxygen atoms in total. The summed E-state index contributed by atoms with van der Waals surface area (Å²) in [6.07, 6.45) is 3.10. The van der Waals surface area contributed by atoms with Gasteiger partial charge < -0.3 is 10.0 Å². The van der Waals surface area contributed by atoms with Gasteiger partial charge in [0.2, 0.25) is 10.0 Å². The van der Waals surface area contributed by atoms with Crippen LogP contribution in [0.15, 0.2) is 60.0 Å². The lowest BCUT2D eigenvalue weighted by Gasteiger charge is -2.34. The number of nitrogens with zero attached hydrogens (tertiary/aromatic N) is 5. The molecule has 1 fully saturated rings. The summed E-state index contributed by atoms with van der Waals surface area (Å²) in [6, 6.07) is 11.8. The van der Waals surface area contributed by atoms with E-state index in [0.717, 1.165) is 11.1 Å². The molecule has 0 aliphatic carbocycles. The Kier molecular flexibility index (Phi) is 5.75. The number of sulfonamides is 1. The predicted molar refractivity (Wildman–Crippen MR) is 113 cm³/mol. The lowest BCUT2D eigenvalue weighted by atomic mass is 10.1. The highest BCUT2D eigenvalue weighted by molar-refractivity contribution is 7.89. The molecular weight excluding hydrogens is 418 g/mol. The zero-order valence-corrected chi connectivity index (χ0v) is 17.9. The van der Waals surface area contributed by atoms with Gasteiger partial charge in [-0.1, -0.05) is 18.2 Å². The number of amides is 1. The Bertz CT molecular complexity index is 1170. The highest BCUT2D eigenvalue weighted by atomic mass is 32.2. The number of benzene rings is 2. The smallest absolute Gasteiger partial charge is 0.253 e.